The lowest BCUT2D eigenvalue weighted by Gasteiger charge is -2.25. The number of phosphoric ester groups is 1. The van der Waals surface area contributed by atoms with Gasteiger partial charge in [0.15, 0.2) is 0 Å². The van der Waals surface area contributed by atoms with Gasteiger partial charge in [-0.05, 0) is 70.6 Å². The fourth-order valence-electron chi connectivity index (χ4n) is 7.67. The highest BCUT2D eigenvalue weighted by Crippen LogP contribution is 2.43. The molecule has 0 aliphatic rings. The van der Waals surface area contributed by atoms with Crippen LogP contribution in [0.3, 0.4) is 0 Å². The molecule has 9 heteroatoms. The van der Waals surface area contributed by atoms with E-state index in [4.69, 9.17) is 9.05 Å². The Hall–Kier alpha value is -2.58. The van der Waals surface area contributed by atoms with Crippen LogP contribution >= 0.6 is 7.82 Å². The van der Waals surface area contributed by atoms with Crippen molar-refractivity contribution in [3.8, 4) is 0 Å². The van der Waals surface area contributed by atoms with Crippen molar-refractivity contribution in [2.24, 2.45) is 0 Å². The van der Waals surface area contributed by atoms with E-state index in [9.17, 15) is 19.4 Å². The molecule has 0 radical (unpaired) electrons. The molecule has 0 aromatic rings. The molecule has 398 valence electrons. The van der Waals surface area contributed by atoms with Gasteiger partial charge < -0.3 is 19.8 Å². The molecule has 0 fully saturated rings. The molecule has 0 aliphatic carbocycles. The van der Waals surface area contributed by atoms with Crippen molar-refractivity contribution in [1.82, 2.24) is 5.32 Å². The third kappa shape index (κ3) is 53.1. The number of allylic oxidation sites excluding steroid dienone is 14. The lowest BCUT2D eigenvalue weighted by Crippen LogP contribution is -2.45. The third-order valence-corrected chi connectivity index (χ3v) is 13.0. The van der Waals surface area contributed by atoms with Crippen LogP contribution in [-0.2, 0) is 18.4 Å². The summed E-state index contributed by atoms with van der Waals surface area (Å²) in [4.78, 5) is 23.1. The summed E-state index contributed by atoms with van der Waals surface area (Å²) in [6, 6.07) is -0.931. The highest BCUT2D eigenvalue weighted by molar-refractivity contribution is 7.47. The SMILES string of the molecule is CC/C=C\C/C=C\C/C=C\C/C=C\C/C=C\CC(=O)NC(COP(=O)(O)OCC[N+](C)(C)C)C(O)/C=C/CC/C=C/CC/C=C/CCCCCCCCCCCCCCCCCCCCCCCC. The van der Waals surface area contributed by atoms with Gasteiger partial charge in [-0.2, -0.15) is 0 Å². The number of nitrogens with zero attached hydrogens (tertiary/aromatic N) is 1. The van der Waals surface area contributed by atoms with Crippen molar-refractivity contribution in [3.05, 3.63) is 97.2 Å². The number of hydrogen-bond donors (Lipinski definition) is 3. The van der Waals surface area contributed by atoms with Crippen molar-refractivity contribution in [3.63, 3.8) is 0 Å². The lowest BCUT2D eigenvalue weighted by atomic mass is 10.0. The number of carbonyl (C=O) groups excluding carboxylic acids is 1. The summed E-state index contributed by atoms with van der Waals surface area (Å²) in [7, 11) is 1.48. The first-order valence-electron chi connectivity index (χ1n) is 28.1. The molecule has 3 N–H and O–H groups in total. The predicted molar refractivity (Wildman–Crippen MR) is 299 cm³/mol. The Labute approximate surface area is 426 Å². The first-order valence-corrected chi connectivity index (χ1v) is 29.6. The van der Waals surface area contributed by atoms with Crippen LogP contribution in [0.1, 0.15) is 226 Å². The van der Waals surface area contributed by atoms with Crippen molar-refractivity contribution in [2.75, 3.05) is 40.9 Å². The zero-order valence-corrected chi connectivity index (χ0v) is 46.2. The van der Waals surface area contributed by atoms with Gasteiger partial charge in [-0.25, -0.2) is 4.57 Å². The Balaban J connectivity index is 4.28. The van der Waals surface area contributed by atoms with Crippen LogP contribution in [-0.4, -0.2) is 73.4 Å². The second-order valence-electron chi connectivity index (χ2n) is 19.9. The first kappa shape index (κ1) is 66.4. The standard InChI is InChI=1S/C60H107N2O6P/c1-6-8-10-12-14-16-18-20-22-23-24-25-26-27-28-29-30-31-32-33-34-35-36-37-38-40-41-43-45-47-49-51-53-59(63)58(57-68-69(65,66)67-56-55-62(3,4)5)61-60(64)54-52-50-48-46-44-42-39-21-19-17-15-13-11-9-7-2/h9,11,15,17,21,37-39,43-46,50-53,58-59,63H,6-8,10,12-14,16,18-20,22-36,40-42,47-49,54-57H2,1-5H3,(H-,61,64,65,66)/p+1/b11-9-,17-15-,38-37+,39-21-,45-43+,46-44-,52-50-,53-51+. The zero-order chi connectivity index (χ0) is 50.6. The zero-order valence-electron chi connectivity index (χ0n) is 45.3. The summed E-state index contributed by atoms with van der Waals surface area (Å²) in [6.45, 7) is 4.59. The van der Waals surface area contributed by atoms with Crippen LogP contribution in [0.5, 0.6) is 0 Å². The van der Waals surface area contributed by atoms with Crippen molar-refractivity contribution < 1.29 is 32.9 Å². The molecule has 0 bridgehead atoms. The summed E-state index contributed by atoms with van der Waals surface area (Å²) < 4.78 is 23.6. The van der Waals surface area contributed by atoms with Crippen LogP contribution in [0.2, 0.25) is 0 Å². The highest BCUT2D eigenvalue weighted by Gasteiger charge is 2.27. The topological polar surface area (TPSA) is 105 Å². The minimum Gasteiger partial charge on any atom is -0.387 e. The molecule has 0 spiro atoms. The number of aliphatic hydroxyl groups excluding tert-OH is 1. The van der Waals surface area contributed by atoms with Gasteiger partial charge in [0.1, 0.15) is 13.2 Å². The summed E-state index contributed by atoms with van der Waals surface area (Å²) in [5.74, 6) is -0.320. The van der Waals surface area contributed by atoms with Gasteiger partial charge in [0.05, 0.1) is 39.9 Å². The molecule has 0 aromatic carbocycles. The fourth-order valence-corrected chi connectivity index (χ4v) is 8.41. The van der Waals surface area contributed by atoms with E-state index in [2.05, 4.69) is 92.1 Å². The summed E-state index contributed by atoms with van der Waals surface area (Å²) in [6.07, 6.45) is 72.9. The number of unbranched alkanes of at least 4 members (excludes halogenated alkanes) is 24. The van der Waals surface area contributed by atoms with E-state index in [-0.39, 0.29) is 25.5 Å². The molecule has 0 saturated carbocycles. The number of carbonyl (C=O) groups is 1. The number of hydrogen-bond acceptors (Lipinski definition) is 5. The van der Waals surface area contributed by atoms with Gasteiger partial charge in [-0.1, -0.05) is 246 Å². The number of amides is 1. The van der Waals surface area contributed by atoms with E-state index in [1.165, 1.54) is 148 Å². The molecule has 0 aliphatic heterocycles. The number of nitrogens with one attached hydrogen (secondary N) is 1. The molecular formula is C60H108N2O6P+. The van der Waals surface area contributed by atoms with Crippen LogP contribution in [0.4, 0.5) is 0 Å². The van der Waals surface area contributed by atoms with E-state index in [0.717, 1.165) is 51.4 Å². The summed E-state index contributed by atoms with van der Waals surface area (Å²) >= 11 is 0. The van der Waals surface area contributed by atoms with E-state index < -0.39 is 20.0 Å². The number of quaternary nitrogens is 1. The van der Waals surface area contributed by atoms with E-state index >= 15 is 0 Å². The molecule has 0 aromatic heterocycles. The maximum absolute atomic E-state index is 12.8. The predicted octanol–water partition coefficient (Wildman–Crippen LogP) is 17.0. The van der Waals surface area contributed by atoms with Crippen LogP contribution in [0.15, 0.2) is 97.2 Å². The molecular weight excluding hydrogens is 876 g/mol. The van der Waals surface area contributed by atoms with Gasteiger partial charge in [-0.3, -0.25) is 13.8 Å². The van der Waals surface area contributed by atoms with Crippen molar-refractivity contribution >= 4 is 13.7 Å². The molecule has 1 amide bonds. The second-order valence-corrected chi connectivity index (χ2v) is 21.4. The maximum atomic E-state index is 12.8. The highest BCUT2D eigenvalue weighted by atomic mass is 31.2. The molecule has 3 unspecified atom stereocenters. The minimum atomic E-state index is -4.39. The average Bonchev–Trinajstić information content (AvgIpc) is 3.31. The van der Waals surface area contributed by atoms with Crippen molar-refractivity contribution in [2.45, 2.75) is 238 Å². The maximum Gasteiger partial charge on any atom is 0.472 e. The molecule has 0 saturated heterocycles. The average molecular weight is 985 g/mol. The number of likely N-dealkylation sites (N-methyl/N-ethyl adjacent to an activating group) is 1. The largest absolute Gasteiger partial charge is 0.472 e. The number of aliphatic hydroxyl groups is 1. The minimum absolute atomic E-state index is 0.0321. The Bertz CT molecular complexity index is 1440. The number of phosphoric acid groups is 1. The monoisotopic (exact) mass is 984 g/mol. The van der Waals surface area contributed by atoms with Crippen LogP contribution in [0, 0.1) is 0 Å². The first-order chi connectivity index (χ1) is 33.5. The molecule has 8 nitrogen and oxygen atoms in total. The molecule has 0 rings (SSSR count). The van der Waals surface area contributed by atoms with Gasteiger partial charge in [0, 0.05) is 6.42 Å². The smallest absolute Gasteiger partial charge is 0.387 e. The normalized spacial score (nSPS) is 14.7. The second kappa shape index (κ2) is 50.4. The van der Waals surface area contributed by atoms with Crippen LogP contribution < -0.4 is 5.32 Å². The van der Waals surface area contributed by atoms with E-state index in [1.54, 1.807) is 12.2 Å². The van der Waals surface area contributed by atoms with Crippen molar-refractivity contribution in [1.29, 1.82) is 0 Å². The number of rotatable bonds is 50. The molecule has 3 atom stereocenters. The molecule has 69 heavy (non-hydrogen) atoms. The summed E-state index contributed by atoms with van der Waals surface area (Å²) in [5, 5.41) is 13.8. The Morgan fingerprint density at radius 1 is 0.507 bits per heavy atom. The Kier molecular flexibility index (Phi) is 48.5. The lowest BCUT2D eigenvalue weighted by molar-refractivity contribution is -0.870. The van der Waals surface area contributed by atoms with E-state index in [0.29, 0.717) is 17.4 Å². The summed E-state index contributed by atoms with van der Waals surface area (Å²) in [5.41, 5.74) is 0. The molecule has 0 heterocycles. The van der Waals surface area contributed by atoms with Gasteiger partial charge in [0.25, 0.3) is 0 Å². The van der Waals surface area contributed by atoms with Gasteiger partial charge >= 0.3 is 7.82 Å². The quantitative estimate of drug-likeness (QED) is 0.0243. The fraction of sp³-hybridized carbons (Fsp3) is 0.717. The Morgan fingerprint density at radius 2 is 0.884 bits per heavy atom. The van der Waals surface area contributed by atoms with E-state index in [1.807, 2.05) is 33.3 Å². The Morgan fingerprint density at radius 3 is 1.30 bits per heavy atom. The van der Waals surface area contributed by atoms with Gasteiger partial charge in [-0.15, -0.1) is 0 Å². The van der Waals surface area contributed by atoms with Crippen LogP contribution in [0.25, 0.3) is 0 Å². The van der Waals surface area contributed by atoms with Gasteiger partial charge in [0.2, 0.25) is 5.91 Å². The third-order valence-electron chi connectivity index (χ3n) is 12.0.